The third kappa shape index (κ3) is 1.98. The summed E-state index contributed by atoms with van der Waals surface area (Å²) in [5, 5.41) is 4.58. The fourth-order valence-corrected chi connectivity index (χ4v) is 4.47. The lowest BCUT2D eigenvalue weighted by atomic mass is 9.73. The largest absolute Gasteiger partial charge is 0.371 e. The Morgan fingerprint density at radius 3 is 2.82 bits per heavy atom. The number of benzene rings is 2. The monoisotopic (exact) mass is 312 g/mol. The molecule has 4 rings (SSSR count). The summed E-state index contributed by atoms with van der Waals surface area (Å²) in [7, 11) is 0. The molecule has 2 aliphatic heterocycles. The van der Waals surface area contributed by atoms with E-state index in [1.165, 1.54) is 16.8 Å². The van der Waals surface area contributed by atoms with Gasteiger partial charge in [0.2, 0.25) is 0 Å². The molecule has 22 heavy (non-hydrogen) atoms. The highest BCUT2D eigenvalue weighted by Crippen LogP contribution is 2.52. The van der Waals surface area contributed by atoms with Crippen LogP contribution >= 0.6 is 11.6 Å². The van der Waals surface area contributed by atoms with Crippen LogP contribution in [-0.2, 0) is 5.41 Å². The van der Waals surface area contributed by atoms with E-state index >= 15 is 0 Å². The highest BCUT2D eigenvalue weighted by atomic mass is 35.5. The van der Waals surface area contributed by atoms with Crippen molar-refractivity contribution in [2.24, 2.45) is 0 Å². The van der Waals surface area contributed by atoms with Crippen molar-refractivity contribution in [3.8, 4) is 0 Å². The van der Waals surface area contributed by atoms with Gasteiger partial charge in [0.05, 0.1) is 0 Å². The first kappa shape index (κ1) is 14.1. The number of nitrogens with zero attached hydrogens (tertiary/aromatic N) is 1. The molecule has 2 atom stereocenters. The maximum Gasteiger partial charge on any atom is 0.0436 e. The first-order valence-electron chi connectivity index (χ1n) is 8.08. The lowest BCUT2D eigenvalue weighted by Gasteiger charge is -2.32. The molecule has 2 aliphatic rings. The van der Waals surface area contributed by atoms with E-state index in [1.807, 2.05) is 6.07 Å². The first-order valence-corrected chi connectivity index (χ1v) is 8.46. The fourth-order valence-electron chi connectivity index (χ4n) is 4.30. The predicted octanol–water partition coefficient (Wildman–Crippen LogP) is 4.15. The molecule has 0 amide bonds. The summed E-state index contributed by atoms with van der Waals surface area (Å²) in [4.78, 5) is 2.49. The quantitative estimate of drug-likeness (QED) is 0.896. The smallest absolute Gasteiger partial charge is 0.0436 e. The van der Waals surface area contributed by atoms with Crippen LogP contribution in [0.25, 0.3) is 0 Å². The van der Waals surface area contributed by atoms with E-state index in [9.17, 15) is 0 Å². The van der Waals surface area contributed by atoms with Gasteiger partial charge in [-0.25, -0.2) is 0 Å². The van der Waals surface area contributed by atoms with Crippen LogP contribution < -0.4 is 10.2 Å². The van der Waals surface area contributed by atoms with Crippen LogP contribution in [0.4, 0.5) is 5.69 Å². The lowest BCUT2D eigenvalue weighted by molar-refractivity contribution is 0.399. The molecular weight excluding hydrogens is 292 g/mol. The van der Waals surface area contributed by atoms with Crippen LogP contribution in [0.15, 0.2) is 48.5 Å². The van der Waals surface area contributed by atoms with Gasteiger partial charge in [-0.3, -0.25) is 0 Å². The summed E-state index contributed by atoms with van der Waals surface area (Å²) in [6, 6.07) is 17.6. The van der Waals surface area contributed by atoms with Gasteiger partial charge in [-0.15, -0.1) is 0 Å². The zero-order valence-electron chi connectivity index (χ0n) is 12.8. The number of anilines is 1. The molecule has 114 valence electrons. The molecule has 2 aromatic carbocycles. The molecule has 0 radical (unpaired) electrons. The van der Waals surface area contributed by atoms with Crippen LogP contribution in [0.1, 0.15) is 30.5 Å². The SMILES string of the molecule is CCN1C[C@]2(CCN[C@H]2c2ccccc2)c2cc(Cl)ccc21. The molecular formula is C19H21ClN2. The molecule has 2 heterocycles. The summed E-state index contributed by atoms with van der Waals surface area (Å²) in [5.41, 5.74) is 4.29. The van der Waals surface area contributed by atoms with Crippen LogP contribution in [0, 0.1) is 0 Å². The van der Waals surface area contributed by atoms with E-state index in [2.05, 4.69) is 59.6 Å². The van der Waals surface area contributed by atoms with Crippen molar-refractivity contribution in [2.45, 2.75) is 24.8 Å². The standard InChI is InChI=1S/C19H21ClN2/c1-2-22-13-19(16-12-15(20)8-9-17(16)22)10-11-21-18(19)14-6-4-3-5-7-14/h3-9,12,18,21H,2,10-11,13H2,1H3/t18-,19+/m0/s1. The number of fused-ring (bicyclic) bond motifs is 2. The number of nitrogens with one attached hydrogen (secondary N) is 1. The number of hydrogen-bond acceptors (Lipinski definition) is 2. The average molecular weight is 313 g/mol. The Morgan fingerprint density at radius 1 is 1.23 bits per heavy atom. The maximum absolute atomic E-state index is 6.33. The lowest BCUT2D eigenvalue weighted by Crippen LogP contribution is -2.38. The molecule has 2 nitrogen and oxygen atoms in total. The molecule has 0 aliphatic carbocycles. The van der Waals surface area contributed by atoms with Crippen molar-refractivity contribution in [3.63, 3.8) is 0 Å². The number of hydrogen-bond donors (Lipinski definition) is 1. The average Bonchev–Trinajstić information content (AvgIpc) is 3.11. The zero-order valence-corrected chi connectivity index (χ0v) is 13.6. The first-order chi connectivity index (χ1) is 10.7. The van der Waals surface area contributed by atoms with Crippen molar-refractivity contribution in [1.29, 1.82) is 0 Å². The van der Waals surface area contributed by atoms with Crippen LogP contribution in [0.3, 0.4) is 0 Å². The maximum atomic E-state index is 6.33. The Labute approximate surface area is 137 Å². The van der Waals surface area contributed by atoms with Gasteiger partial charge in [0.1, 0.15) is 0 Å². The van der Waals surface area contributed by atoms with Gasteiger partial charge in [-0.05, 0) is 49.2 Å². The van der Waals surface area contributed by atoms with Crippen molar-refractivity contribution in [2.75, 3.05) is 24.5 Å². The minimum absolute atomic E-state index is 0.137. The highest BCUT2D eigenvalue weighted by molar-refractivity contribution is 6.30. The third-order valence-electron chi connectivity index (χ3n) is 5.30. The van der Waals surface area contributed by atoms with Crippen molar-refractivity contribution in [3.05, 3.63) is 64.7 Å². The Morgan fingerprint density at radius 2 is 2.05 bits per heavy atom. The molecule has 1 fully saturated rings. The Bertz CT molecular complexity index is 685. The fraction of sp³-hybridized carbons (Fsp3) is 0.368. The number of rotatable bonds is 2. The van der Waals surface area contributed by atoms with E-state index < -0.39 is 0 Å². The zero-order chi connectivity index (χ0) is 15.2. The predicted molar refractivity (Wildman–Crippen MR) is 92.8 cm³/mol. The van der Waals surface area contributed by atoms with E-state index in [0.29, 0.717) is 6.04 Å². The van der Waals surface area contributed by atoms with E-state index in [1.54, 1.807) is 0 Å². The second-order valence-electron chi connectivity index (χ2n) is 6.38. The van der Waals surface area contributed by atoms with E-state index in [-0.39, 0.29) is 5.41 Å². The second-order valence-corrected chi connectivity index (χ2v) is 6.82. The molecule has 1 spiro atoms. The second kappa shape index (κ2) is 5.29. The summed E-state index contributed by atoms with van der Waals surface area (Å²) in [6.45, 7) is 5.41. The van der Waals surface area contributed by atoms with E-state index in [0.717, 1.165) is 31.1 Å². The molecule has 1 saturated heterocycles. The third-order valence-corrected chi connectivity index (χ3v) is 5.53. The Hall–Kier alpha value is -1.51. The van der Waals surface area contributed by atoms with Gasteiger partial charge < -0.3 is 10.2 Å². The van der Waals surface area contributed by atoms with Crippen molar-refractivity contribution in [1.82, 2.24) is 5.32 Å². The molecule has 0 aromatic heterocycles. The van der Waals surface area contributed by atoms with Gasteiger partial charge >= 0.3 is 0 Å². The van der Waals surface area contributed by atoms with Gasteiger partial charge in [-0.2, -0.15) is 0 Å². The van der Waals surface area contributed by atoms with Crippen LogP contribution in [0.2, 0.25) is 5.02 Å². The summed E-state index contributed by atoms with van der Waals surface area (Å²) in [6.07, 6.45) is 1.16. The van der Waals surface area contributed by atoms with Gasteiger partial charge in [0, 0.05) is 35.3 Å². The summed E-state index contributed by atoms with van der Waals surface area (Å²) in [5.74, 6) is 0. The summed E-state index contributed by atoms with van der Waals surface area (Å²) >= 11 is 6.33. The topological polar surface area (TPSA) is 15.3 Å². The Kier molecular flexibility index (Phi) is 3.39. The van der Waals surface area contributed by atoms with E-state index in [4.69, 9.17) is 11.6 Å². The molecule has 0 unspecified atom stereocenters. The number of likely N-dealkylation sites (N-methyl/N-ethyl adjacent to an activating group) is 1. The minimum atomic E-state index is 0.137. The van der Waals surface area contributed by atoms with Gasteiger partial charge in [0.15, 0.2) is 0 Å². The van der Waals surface area contributed by atoms with Crippen molar-refractivity contribution >= 4 is 17.3 Å². The molecule has 3 heteroatoms. The molecule has 0 saturated carbocycles. The van der Waals surface area contributed by atoms with Gasteiger partial charge in [-0.1, -0.05) is 41.9 Å². The summed E-state index contributed by atoms with van der Waals surface area (Å²) < 4.78 is 0. The number of halogens is 1. The van der Waals surface area contributed by atoms with Crippen LogP contribution in [0.5, 0.6) is 0 Å². The molecule has 1 N–H and O–H groups in total. The van der Waals surface area contributed by atoms with Crippen LogP contribution in [-0.4, -0.2) is 19.6 Å². The van der Waals surface area contributed by atoms with Gasteiger partial charge in [0.25, 0.3) is 0 Å². The highest BCUT2D eigenvalue weighted by Gasteiger charge is 2.51. The van der Waals surface area contributed by atoms with Crippen molar-refractivity contribution < 1.29 is 0 Å². The normalized spacial score (nSPS) is 26.6. The Balaban J connectivity index is 1.86. The minimum Gasteiger partial charge on any atom is -0.371 e. The molecule has 2 aromatic rings. The molecule has 0 bridgehead atoms.